The predicted octanol–water partition coefficient (Wildman–Crippen LogP) is 1.38. The average molecular weight is 403 g/mol. The van der Waals surface area contributed by atoms with Crippen molar-refractivity contribution in [2.75, 3.05) is 18.6 Å². The zero-order valence-corrected chi connectivity index (χ0v) is 16.4. The van der Waals surface area contributed by atoms with Crippen molar-refractivity contribution in [3.05, 3.63) is 71.3 Å². The summed E-state index contributed by atoms with van der Waals surface area (Å²) in [6.07, 6.45) is 4.77. The van der Waals surface area contributed by atoms with Gasteiger partial charge in [0.25, 0.3) is 0 Å². The van der Waals surface area contributed by atoms with Crippen molar-refractivity contribution in [1.82, 2.24) is 20.5 Å². The zero-order valence-electron chi connectivity index (χ0n) is 16.4. The minimum Gasteiger partial charge on any atom is -0.489 e. The van der Waals surface area contributed by atoms with E-state index in [0.29, 0.717) is 29.2 Å². The predicted molar refractivity (Wildman–Crippen MR) is 111 cm³/mol. The van der Waals surface area contributed by atoms with Crippen molar-refractivity contribution in [3.63, 3.8) is 0 Å². The topological polar surface area (TPSA) is 103 Å². The molecule has 2 atom stereocenters. The number of aromatic amines is 1. The molecule has 3 aromatic rings. The Morgan fingerprint density at radius 1 is 1.37 bits per heavy atom. The normalized spacial score (nSPS) is 16.9. The molecule has 0 bridgehead atoms. The smallest absolute Gasteiger partial charge is 0.247 e. The van der Waals surface area contributed by atoms with Crippen LogP contribution in [0.2, 0.25) is 0 Å². The van der Waals surface area contributed by atoms with E-state index < -0.39 is 12.3 Å². The summed E-state index contributed by atoms with van der Waals surface area (Å²) in [5.41, 5.74) is 2.30. The van der Waals surface area contributed by atoms with Gasteiger partial charge in [0, 0.05) is 19.0 Å². The first kappa shape index (κ1) is 19.6. The van der Waals surface area contributed by atoms with Crippen LogP contribution in [0.1, 0.15) is 29.0 Å². The minimum atomic E-state index is -1.24. The first-order valence-electron chi connectivity index (χ1n) is 9.45. The average Bonchev–Trinajstić information content (AvgIpc) is 3.20. The maximum atomic E-state index is 12.9. The van der Waals surface area contributed by atoms with Crippen LogP contribution in [0.5, 0.6) is 5.75 Å². The fourth-order valence-electron chi connectivity index (χ4n) is 3.27. The van der Waals surface area contributed by atoms with Crippen molar-refractivity contribution in [2.45, 2.75) is 18.7 Å². The molecule has 2 heterocycles. The van der Waals surface area contributed by atoms with Crippen LogP contribution < -0.4 is 15.0 Å². The molecule has 0 saturated heterocycles. The number of nitrogens with one attached hydrogen (secondary N) is 2. The summed E-state index contributed by atoms with van der Waals surface area (Å²) in [4.78, 5) is 18.7. The number of benzene rings is 2. The van der Waals surface area contributed by atoms with Crippen LogP contribution >= 0.6 is 0 Å². The molecule has 0 fully saturated rings. The highest BCUT2D eigenvalue weighted by atomic mass is 16.5. The number of nitrogens with zero attached hydrogens (tertiary/aromatic N) is 3. The quantitative estimate of drug-likeness (QED) is 0.439. The molecule has 1 unspecified atom stereocenters. The summed E-state index contributed by atoms with van der Waals surface area (Å²) in [6, 6.07) is 14.2. The van der Waals surface area contributed by atoms with Gasteiger partial charge in [0.15, 0.2) is 12.1 Å². The van der Waals surface area contributed by atoms with Crippen molar-refractivity contribution in [2.24, 2.45) is 0 Å². The lowest BCUT2D eigenvalue weighted by Gasteiger charge is -2.22. The number of rotatable bonds is 5. The van der Waals surface area contributed by atoms with Crippen molar-refractivity contribution < 1.29 is 14.6 Å². The highest BCUT2D eigenvalue weighted by Crippen LogP contribution is 2.31. The highest BCUT2D eigenvalue weighted by Gasteiger charge is 2.31. The van der Waals surface area contributed by atoms with E-state index in [4.69, 9.17) is 11.2 Å². The van der Waals surface area contributed by atoms with E-state index in [9.17, 15) is 9.90 Å². The molecule has 8 heteroatoms. The Morgan fingerprint density at radius 2 is 2.17 bits per heavy atom. The third kappa shape index (κ3) is 4.03. The van der Waals surface area contributed by atoms with E-state index >= 15 is 0 Å². The van der Waals surface area contributed by atoms with Gasteiger partial charge in [0.2, 0.25) is 5.91 Å². The number of H-pyrrole nitrogens is 1. The molecule has 0 aliphatic carbocycles. The Hall–Kier alpha value is -3.67. The molecule has 1 amide bonds. The molecule has 4 rings (SSSR count). The molecule has 30 heavy (non-hydrogen) atoms. The summed E-state index contributed by atoms with van der Waals surface area (Å²) < 4.78 is 5.77. The number of carbonyl (C=O) groups is 1. The molecule has 2 aromatic carbocycles. The monoisotopic (exact) mass is 403 g/mol. The summed E-state index contributed by atoms with van der Waals surface area (Å²) in [7, 11) is 1.64. The second kappa shape index (κ2) is 8.37. The molecular weight excluding hydrogens is 382 g/mol. The van der Waals surface area contributed by atoms with E-state index in [1.165, 1.54) is 4.90 Å². The van der Waals surface area contributed by atoms with Crippen LogP contribution in [-0.2, 0) is 11.2 Å². The van der Waals surface area contributed by atoms with Gasteiger partial charge in [-0.2, -0.15) is 5.10 Å². The van der Waals surface area contributed by atoms with Crippen LogP contribution in [0.15, 0.2) is 48.5 Å². The van der Waals surface area contributed by atoms with Gasteiger partial charge in [-0.05, 0) is 23.8 Å². The minimum absolute atomic E-state index is 0.0456. The maximum Gasteiger partial charge on any atom is 0.247 e. The number of terminal acetylenes is 1. The number of hydrogen-bond donors (Lipinski definition) is 3. The van der Waals surface area contributed by atoms with Gasteiger partial charge >= 0.3 is 0 Å². The van der Waals surface area contributed by atoms with E-state index in [1.807, 2.05) is 30.3 Å². The molecule has 8 nitrogen and oxygen atoms in total. The van der Waals surface area contributed by atoms with Gasteiger partial charge in [-0.15, -0.1) is 6.42 Å². The number of hydrogen-bond acceptors (Lipinski definition) is 6. The number of ether oxygens (including phenoxy) is 1. The Kier molecular flexibility index (Phi) is 5.48. The third-order valence-corrected chi connectivity index (χ3v) is 4.89. The van der Waals surface area contributed by atoms with Crippen molar-refractivity contribution in [1.29, 1.82) is 0 Å². The summed E-state index contributed by atoms with van der Waals surface area (Å²) in [6.45, 7) is 0.0456. The van der Waals surface area contributed by atoms with Gasteiger partial charge in [-0.25, -0.2) is 4.98 Å². The van der Waals surface area contributed by atoms with Gasteiger partial charge in [0.1, 0.15) is 24.2 Å². The number of likely N-dealkylation sites (N-methyl/N-ethyl adjacent to an activating group) is 1. The number of aliphatic hydroxyl groups excluding tert-OH is 1. The second-order valence-corrected chi connectivity index (χ2v) is 6.96. The van der Waals surface area contributed by atoms with Gasteiger partial charge < -0.3 is 14.7 Å². The van der Waals surface area contributed by atoms with E-state index in [-0.39, 0.29) is 18.3 Å². The van der Waals surface area contributed by atoms with Gasteiger partial charge in [-0.1, -0.05) is 36.3 Å². The molecule has 1 aromatic heterocycles. The lowest BCUT2D eigenvalue weighted by Crippen LogP contribution is -2.48. The van der Waals surface area contributed by atoms with Crippen molar-refractivity contribution in [3.8, 4) is 18.1 Å². The second-order valence-electron chi connectivity index (χ2n) is 6.96. The molecular formula is C22H21N5O3. The standard InChI is InChI=1S/C22H21N5O3/c1-3-14-9-10-18-17(11-14)27(2)22(29)16(13-30-18)23-21(28)20-24-19(25-26-20)12-15-7-5-4-6-8-15/h1,4-11,16,21,23,28H,12-13H2,2H3,(H,24,25,26)/t16-,21?/m1/s1. The fraction of sp³-hybridized carbons (Fsp3) is 0.227. The Bertz CT molecular complexity index is 1090. The Morgan fingerprint density at radius 3 is 2.93 bits per heavy atom. The lowest BCUT2D eigenvalue weighted by molar-refractivity contribution is -0.121. The van der Waals surface area contributed by atoms with E-state index in [2.05, 4.69) is 26.4 Å². The van der Waals surface area contributed by atoms with E-state index in [0.717, 1.165) is 5.56 Å². The number of aliphatic hydroxyl groups is 1. The zero-order chi connectivity index (χ0) is 21.1. The largest absolute Gasteiger partial charge is 0.489 e. The number of amides is 1. The molecule has 0 spiro atoms. The molecule has 3 N–H and O–H groups in total. The molecule has 0 radical (unpaired) electrons. The number of fused-ring (bicyclic) bond motifs is 1. The first-order chi connectivity index (χ1) is 14.5. The SMILES string of the molecule is C#Cc1ccc2c(c1)N(C)C(=O)[C@H](NC(O)c1n[nH]c(Cc3ccccc3)n1)CO2. The maximum absolute atomic E-state index is 12.9. The highest BCUT2D eigenvalue weighted by molar-refractivity contribution is 5.99. The van der Waals surface area contributed by atoms with Crippen LogP contribution in [0.25, 0.3) is 0 Å². The Labute approximate surface area is 173 Å². The van der Waals surface area contributed by atoms with Gasteiger partial charge in [0.05, 0.1) is 5.69 Å². The third-order valence-electron chi connectivity index (χ3n) is 4.89. The lowest BCUT2D eigenvalue weighted by atomic mass is 10.1. The van der Waals surface area contributed by atoms with E-state index in [1.54, 1.807) is 25.2 Å². The number of anilines is 1. The molecule has 1 aliphatic heterocycles. The summed E-state index contributed by atoms with van der Waals surface area (Å²) in [5.74, 6) is 3.61. The molecule has 1 aliphatic rings. The first-order valence-corrected chi connectivity index (χ1v) is 9.45. The van der Waals surface area contributed by atoms with Crippen molar-refractivity contribution >= 4 is 11.6 Å². The van der Waals surface area contributed by atoms with Crippen LogP contribution in [-0.4, -0.2) is 45.9 Å². The van der Waals surface area contributed by atoms with Crippen LogP contribution in [0.4, 0.5) is 5.69 Å². The van der Waals surface area contributed by atoms with Crippen LogP contribution in [0.3, 0.4) is 0 Å². The summed E-state index contributed by atoms with van der Waals surface area (Å²) in [5, 5.41) is 20.3. The number of carbonyl (C=O) groups excluding carboxylic acids is 1. The van der Waals surface area contributed by atoms with Crippen LogP contribution in [0, 0.1) is 12.3 Å². The molecule has 152 valence electrons. The fourth-order valence-corrected chi connectivity index (χ4v) is 3.27. The summed E-state index contributed by atoms with van der Waals surface area (Å²) >= 11 is 0. The number of aromatic nitrogens is 3. The Balaban J connectivity index is 1.45. The van der Waals surface area contributed by atoms with Gasteiger partial charge in [-0.3, -0.25) is 15.2 Å². The molecule has 0 saturated carbocycles.